The summed E-state index contributed by atoms with van der Waals surface area (Å²) in [5.41, 5.74) is 12.4. The van der Waals surface area contributed by atoms with Crippen molar-refractivity contribution >= 4 is 28.7 Å². The number of anilines is 3. The molecule has 2 rings (SSSR count). The molecule has 4 nitrogen and oxygen atoms in total. The Kier molecular flexibility index (Phi) is 4.06. The first-order chi connectivity index (χ1) is 8.91. The quantitative estimate of drug-likeness (QED) is 0.818. The molecule has 0 amide bonds. The van der Waals surface area contributed by atoms with Crippen LogP contribution in [0.25, 0.3) is 0 Å². The van der Waals surface area contributed by atoms with Crippen LogP contribution in [-0.4, -0.2) is 38.1 Å². The summed E-state index contributed by atoms with van der Waals surface area (Å²) in [6.07, 6.45) is 2.11. The summed E-state index contributed by atoms with van der Waals surface area (Å²) in [5, 5.41) is -0.0554. The lowest BCUT2D eigenvalue weighted by Crippen LogP contribution is -2.45. The van der Waals surface area contributed by atoms with Gasteiger partial charge in [0.25, 0.3) is 0 Å². The Morgan fingerprint density at radius 2 is 2.11 bits per heavy atom. The van der Waals surface area contributed by atoms with Gasteiger partial charge in [-0.2, -0.15) is 0 Å². The molecule has 1 heterocycles. The number of halogens is 2. The summed E-state index contributed by atoms with van der Waals surface area (Å²) >= 11 is 5.87. The number of hydrogen-bond acceptors (Lipinski definition) is 4. The maximum Gasteiger partial charge on any atom is 0.169 e. The fourth-order valence-corrected chi connectivity index (χ4v) is 2.80. The molecule has 19 heavy (non-hydrogen) atoms. The van der Waals surface area contributed by atoms with Gasteiger partial charge in [0, 0.05) is 19.6 Å². The average molecular weight is 287 g/mol. The Hall–Kier alpha value is -1.20. The second-order valence-electron chi connectivity index (χ2n) is 5.20. The molecule has 1 aromatic carbocycles. The van der Waals surface area contributed by atoms with E-state index in [0.717, 1.165) is 25.9 Å². The molecule has 1 saturated heterocycles. The second-order valence-corrected chi connectivity index (χ2v) is 5.58. The first-order valence-electron chi connectivity index (χ1n) is 6.36. The monoisotopic (exact) mass is 286 g/mol. The summed E-state index contributed by atoms with van der Waals surface area (Å²) < 4.78 is 14.3. The minimum Gasteiger partial charge on any atom is -0.397 e. The highest BCUT2D eigenvalue weighted by atomic mass is 35.5. The molecule has 1 unspecified atom stereocenters. The van der Waals surface area contributed by atoms with Crippen LogP contribution in [0.4, 0.5) is 21.5 Å². The molecule has 1 aliphatic heterocycles. The number of benzene rings is 1. The van der Waals surface area contributed by atoms with E-state index in [4.69, 9.17) is 23.1 Å². The van der Waals surface area contributed by atoms with Crippen molar-refractivity contribution in [3.8, 4) is 0 Å². The number of likely N-dealkylation sites (N-methyl/N-ethyl adjacent to an activating group) is 2. The Bertz CT molecular complexity index is 480. The maximum absolute atomic E-state index is 14.3. The molecule has 6 heteroatoms. The van der Waals surface area contributed by atoms with Gasteiger partial charge in [0.1, 0.15) is 5.02 Å². The average Bonchev–Trinajstić information content (AvgIpc) is 2.36. The highest BCUT2D eigenvalue weighted by molar-refractivity contribution is 6.33. The summed E-state index contributed by atoms with van der Waals surface area (Å²) in [5.74, 6) is -0.533. The third-order valence-corrected chi connectivity index (χ3v) is 4.12. The standard InChI is InChI=1S/C13H20ClFN4/c1-18-5-3-4-8(7-18)19(2)13-10(17)6-9(16)11(14)12(13)15/h6,8H,3-5,7,16-17H2,1-2H3. The van der Waals surface area contributed by atoms with Gasteiger partial charge in [-0.05, 0) is 32.5 Å². The topological polar surface area (TPSA) is 58.5 Å². The SMILES string of the molecule is CN1CCCC(N(C)c2c(N)cc(N)c(Cl)c2F)C1. The molecule has 1 fully saturated rings. The van der Waals surface area contributed by atoms with Gasteiger partial charge < -0.3 is 21.3 Å². The molecule has 0 spiro atoms. The Morgan fingerprint density at radius 1 is 1.42 bits per heavy atom. The van der Waals surface area contributed by atoms with Crippen LogP contribution in [0.2, 0.25) is 5.02 Å². The Labute approximate surface area is 118 Å². The summed E-state index contributed by atoms with van der Waals surface area (Å²) in [7, 11) is 3.92. The molecule has 4 N–H and O–H groups in total. The van der Waals surface area contributed by atoms with Crippen molar-refractivity contribution < 1.29 is 4.39 Å². The van der Waals surface area contributed by atoms with E-state index in [1.807, 2.05) is 11.9 Å². The lowest BCUT2D eigenvalue weighted by molar-refractivity contribution is 0.247. The van der Waals surface area contributed by atoms with Crippen LogP contribution >= 0.6 is 11.6 Å². The van der Waals surface area contributed by atoms with Gasteiger partial charge in [0.15, 0.2) is 5.82 Å². The predicted molar refractivity (Wildman–Crippen MR) is 79.2 cm³/mol. The van der Waals surface area contributed by atoms with E-state index in [0.29, 0.717) is 11.4 Å². The predicted octanol–water partition coefficient (Wildman–Crippen LogP) is 2.17. The highest BCUT2D eigenvalue weighted by Crippen LogP contribution is 2.37. The van der Waals surface area contributed by atoms with Crippen molar-refractivity contribution in [1.29, 1.82) is 0 Å². The number of likely N-dealkylation sites (tertiary alicyclic amines) is 1. The van der Waals surface area contributed by atoms with Crippen LogP contribution < -0.4 is 16.4 Å². The smallest absolute Gasteiger partial charge is 0.169 e. The van der Waals surface area contributed by atoms with Crippen LogP contribution in [0, 0.1) is 5.82 Å². The highest BCUT2D eigenvalue weighted by Gasteiger charge is 2.26. The van der Waals surface area contributed by atoms with Crippen molar-refractivity contribution in [3.63, 3.8) is 0 Å². The van der Waals surface area contributed by atoms with Crippen LogP contribution in [0.5, 0.6) is 0 Å². The Morgan fingerprint density at radius 3 is 2.74 bits per heavy atom. The van der Waals surface area contributed by atoms with Crippen molar-refractivity contribution in [2.75, 3.05) is 43.6 Å². The van der Waals surface area contributed by atoms with Crippen molar-refractivity contribution in [3.05, 3.63) is 16.9 Å². The summed E-state index contributed by atoms with van der Waals surface area (Å²) in [6, 6.07) is 1.75. The molecular formula is C13H20ClFN4. The van der Waals surface area contributed by atoms with Gasteiger partial charge in [0.05, 0.1) is 17.1 Å². The van der Waals surface area contributed by atoms with Gasteiger partial charge in [-0.15, -0.1) is 0 Å². The minimum atomic E-state index is -0.533. The third-order valence-electron chi connectivity index (χ3n) is 3.74. The molecule has 0 aromatic heterocycles. The number of nitrogen functional groups attached to an aromatic ring is 2. The summed E-state index contributed by atoms with van der Waals surface area (Å²) in [4.78, 5) is 4.11. The zero-order valence-electron chi connectivity index (χ0n) is 11.3. The van der Waals surface area contributed by atoms with E-state index in [9.17, 15) is 4.39 Å². The van der Waals surface area contributed by atoms with E-state index in [2.05, 4.69) is 11.9 Å². The van der Waals surface area contributed by atoms with Gasteiger partial charge in [-0.1, -0.05) is 11.6 Å². The molecule has 106 valence electrons. The maximum atomic E-state index is 14.3. The van der Waals surface area contributed by atoms with Crippen LogP contribution in [0.15, 0.2) is 6.07 Å². The summed E-state index contributed by atoms with van der Waals surface area (Å²) in [6.45, 7) is 1.96. The zero-order valence-corrected chi connectivity index (χ0v) is 12.0. The van der Waals surface area contributed by atoms with Gasteiger partial charge >= 0.3 is 0 Å². The normalized spacial score (nSPS) is 20.5. The van der Waals surface area contributed by atoms with Crippen LogP contribution in [0.3, 0.4) is 0 Å². The molecular weight excluding hydrogens is 267 g/mol. The van der Waals surface area contributed by atoms with E-state index >= 15 is 0 Å². The van der Waals surface area contributed by atoms with E-state index < -0.39 is 5.82 Å². The molecule has 1 aromatic rings. The number of hydrogen-bond donors (Lipinski definition) is 2. The second kappa shape index (κ2) is 5.43. The molecule has 1 atom stereocenters. The molecule has 0 bridgehead atoms. The number of rotatable bonds is 2. The third kappa shape index (κ3) is 2.72. The first kappa shape index (κ1) is 14.2. The van der Waals surface area contributed by atoms with Gasteiger partial charge in [0.2, 0.25) is 0 Å². The molecule has 0 radical (unpaired) electrons. The Balaban J connectivity index is 2.33. The zero-order chi connectivity index (χ0) is 14.2. The fraction of sp³-hybridized carbons (Fsp3) is 0.538. The molecule has 1 aliphatic rings. The minimum absolute atomic E-state index is 0.0554. The molecule has 0 aliphatic carbocycles. The number of nitrogens with zero attached hydrogens (tertiary/aromatic N) is 2. The number of piperidine rings is 1. The van der Waals surface area contributed by atoms with Gasteiger partial charge in [-0.3, -0.25) is 0 Å². The van der Waals surface area contributed by atoms with Crippen molar-refractivity contribution in [1.82, 2.24) is 4.90 Å². The lowest BCUT2D eigenvalue weighted by Gasteiger charge is -2.37. The van der Waals surface area contributed by atoms with Crippen molar-refractivity contribution in [2.24, 2.45) is 0 Å². The molecule has 0 saturated carbocycles. The van der Waals surface area contributed by atoms with Crippen molar-refractivity contribution in [2.45, 2.75) is 18.9 Å². The van der Waals surface area contributed by atoms with E-state index in [1.165, 1.54) is 6.07 Å². The van der Waals surface area contributed by atoms with Crippen LogP contribution in [-0.2, 0) is 0 Å². The fourth-order valence-electron chi connectivity index (χ4n) is 2.65. The van der Waals surface area contributed by atoms with E-state index in [1.54, 1.807) is 0 Å². The van der Waals surface area contributed by atoms with Crippen LogP contribution in [0.1, 0.15) is 12.8 Å². The number of nitrogens with two attached hydrogens (primary N) is 2. The first-order valence-corrected chi connectivity index (χ1v) is 6.74. The lowest BCUT2D eigenvalue weighted by atomic mass is 10.0. The largest absolute Gasteiger partial charge is 0.397 e. The van der Waals surface area contributed by atoms with Gasteiger partial charge in [-0.25, -0.2) is 4.39 Å². The van der Waals surface area contributed by atoms with E-state index in [-0.39, 0.29) is 16.8 Å².